The van der Waals surface area contributed by atoms with Crippen molar-refractivity contribution in [1.29, 1.82) is 0 Å². The summed E-state index contributed by atoms with van der Waals surface area (Å²) in [6, 6.07) is 5.40. The van der Waals surface area contributed by atoms with Gasteiger partial charge in [-0.1, -0.05) is 12.1 Å². The Morgan fingerprint density at radius 1 is 1.33 bits per heavy atom. The summed E-state index contributed by atoms with van der Waals surface area (Å²) in [5.41, 5.74) is 7.32. The molecule has 0 atom stereocenters. The van der Waals surface area contributed by atoms with Gasteiger partial charge in [-0.25, -0.2) is 8.42 Å². The third kappa shape index (κ3) is 1.60. The Bertz CT molecular complexity index is 530. The summed E-state index contributed by atoms with van der Waals surface area (Å²) in [4.78, 5) is 0.836. The standard InChI is InChI=1S/C11H13NO2S/c1-8-6-10-7-9(4-5-12)2-3-11(10)15(8,13)14/h2-3,6-7H,4-5,12H2,1H3. The Kier molecular flexibility index (Phi) is 2.40. The van der Waals surface area contributed by atoms with Crippen LogP contribution in [0.25, 0.3) is 6.08 Å². The Balaban J connectivity index is 2.54. The van der Waals surface area contributed by atoms with Gasteiger partial charge in [0.25, 0.3) is 0 Å². The van der Waals surface area contributed by atoms with Crippen LogP contribution in [-0.4, -0.2) is 15.0 Å². The normalized spacial score (nSPS) is 17.3. The van der Waals surface area contributed by atoms with Crippen LogP contribution in [0, 0.1) is 0 Å². The highest BCUT2D eigenvalue weighted by atomic mass is 32.2. The lowest BCUT2D eigenvalue weighted by Crippen LogP contribution is -2.03. The molecule has 0 unspecified atom stereocenters. The van der Waals surface area contributed by atoms with Gasteiger partial charge in [0.1, 0.15) is 0 Å². The first kappa shape index (κ1) is 10.4. The van der Waals surface area contributed by atoms with Crippen LogP contribution in [0.1, 0.15) is 18.1 Å². The minimum Gasteiger partial charge on any atom is -0.330 e. The average Bonchev–Trinajstić information content (AvgIpc) is 2.38. The van der Waals surface area contributed by atoms with Gasteiger partial charge in [0.2, 0.25) is 9.84 Å². The molecule has 80 valence electrons. The summed E-state index contributed by atoms with van der Waals surface area (Å²) in [5.74, 6) is 0. The van der Waals surface area contributed by atoms with Crippen molar-refractivity contribution in [3.63, 3.8) is 0 Å². The first-order valence-electron chi connectivity index (χ1n) is 4.82. The molecule has 0 fully saturated rings. The number of benzene rings is 1. The van der Waals surface area contributed by atoms with Crippen molar-refractivity contribution >= 4 is 15.9 Å². The summed E-state index contributed by atoms with van der Waals surface area (Å²) in [7, 11) is -3.19. The molecule has 1 aliphatic heterocycles. The van der Waals surface area contributed by atoms with E-state index in [2.05, 4.69) is 0 Å². The molecule has 0 amide bonds. The molecule has 1 aromatic carbocycles. The number of allylic oxidation sites excluding steroid dienone is 1. The maximum absolute atomic E-state index is 11.8. The summed E-state index contributed by atoms with van der Waals surface area (Å²) >= 11 is 0. The van der Waals surface area contributed by atoms with Gasteiger partial charge in [-0.3, -0.25) is 0 Å². The second-order valence-electron chi connectivity index (χ2n) is 3.67. The number of rotatable bonds is 2. The molecule has 2 rings (SSSR count). The van der Waals surface area contributed by atoms with Crippen molar-refractivity contribution in [3.8, 4) is 0 Å². The van der Waals surface area contributed by atoms with Gasteiger partial charge in [0, 0.05) is 4.91 Å². The summed E-state index contributed by atoms with van der Waals surface area (Å²) in [6.45, 7) is 2.20. The van der Waals surface area contributed by atoms with Gasteiger partial charge in [-0.2, -0.15) is 0 Å². The number of sulfone groups is 1. The van der Waals surface area contributed by atoms with E-state index in [4.69, 9.17) is 5.73 Å². The van der Waals surface area contributed by atoms with Crippen LogP contribution in [0.3, 0.4) is 0 Å². The van der Waals surface area contributed by atoms with Crippen LogP contribution in [0.15, 0.2) is 28.0 Å². The van der Waals surface area contributed by atoms with Crippen LogP contribution in [-0.2, 0) is 16.3 Å². The topological polar surface area (TPSA) is 60.2 Å². The van der Waals surface area contributed by atoms with E-state index >= 15 is 0 Å². The molecule has 0 saturated heterocycles. The van der Waals surface area contributed by atoms with Gasteiger partial charge >= 0.3 is 0 Å². The Morgan fingerprint density at radius 3 is 2.73 bits per heavy atom. The molecule has 1 aromatic rings. The minimum atomic E-state index is -3.19. The number of nitrogens with two attached hydrogens (primary N) is 1. The maximum atomic E-state index is 11.8. The van der Waals surface area contributed by atoms with E-state index in [9.17, 15) is 8.42 Å². The van der Waals surface area contributed by atoms with E-state index in [-0.39, 0.29) is 0 Å². The van der Waals surface area contributed by atoms with Crippen molar-refractivity contribution in [1.82, 2.24) is 0 Å². The van der Waals surface area contributed by atoms with Gasteiger partial charge in [0.15, 0.2) is 0 Å². The molecular weight excluding hydrogens is 210 g/mol. The van der Waals surface area contributed by atoms with E-state index < -0.39 is 9.84 Å². The predicted octanol–water partition coefficient (Wildman–Crippen LogP) is 1.34. The molecule has 0 radical (unpaired) electrons. The molecule has 1 aliphatic rings. The SMILES string of the molecule is CC1=Cc2cc(CCN)ccc2S1(=O)=O. The number of hydrogen-bond donors (Lipinski definition) is 1. The van der Waals surface area contributed by atoms with Crippen LogP contribution in [0.2, 0.25) is 0 Å². The molecule has 4 heteroatoms. The summed E-state index contributed by atoms with van der Waals surface area (Å²) in [6.07, 6.45) is 2.49. The van der Waals surface area contributed by atoms with Gasteiger partial charge in [0.05, 0.1) is 4.90 Å². The lowest BCUT2D eigenvalue weighted by atomic mass is 10.1. The molecule has 0 aromatic heterocycles. The van der Waals surface area contributed by atoms with Gasteiger partial charge in [-0.05, 0) is 43.2 Å². The lowest BCUT2D eigenvalue weighted by Gasteiger charge is -2.02. The highest BCUT2D eigenvalue weighted by Gasteiger charge is 2.26. The van der Waals surface area contributed by atoms with Crippen molar-refractivity contribution in [2.45, 2.75) is 18.2 Å². The van der Waals surface area contributed by atoms with E-state index in [1.165, 1.54) is 0 Å². The molecule has 1 heterocycles. The van der Waals surface area contributed by atoms with E-state index in [1.54, 1.807) is 19.1 Å². The molecule has 0 bridgehead atoms. The smallest absolute Gasteiger partial charge is 0.203 e. The fourth-order valence-corrected chi connectivity index (χ4v) is 3.05. The second kappa shape index (κ2) is 3.47. The zero-order valence-electron chi connectivity index (χ0n) is 8.53. The van der Waals surface area contributed by atoms with Crippen LogP contribution in [0.5, 0.6) is 0 Å². The first-order chi connectivity index (χ1) is 7.05. The Morgan fingerprint density at radius 2 is 2.07 bits per heavy atom. The highest BCUT2D eigenvalue weighted by Crippen LogP contribution is 2.32. The van der Waals surface area contributed by atoms with E-state index in [1.807, 2.05) is 12.1 Å². The molecule has 0 aliphatic carbocycles. The molecule has 3 nitrogen and oxygen atoms in total. The summed E-state index contributed by atoms with van der Waals surface area (Å²) in [5, 5.41) is 0. The quantitative estimate of drug-likeness (QED) is 0.823. The fourth-order valence-electron chi connectivity index (χ4n) is 1.75. The zero-order chi connectivity index (χ0) is 11.1. The highest BCUT2D eigenvalue weighted by molar-refractivity contribution is 7.95. The minimum absolute atomic E-state index is 0.417. The third-order valence-electron chi connectivity index (χ3n) is 2.58. The van der Waals surface area contributed by atoms with Crippen molar-refractivity contribution in [3.05, 3.63) is 34.2 Å². The van der Waals surface area contributed by atoms with E-state index in [0.717, 1.165) is 17.5 Å². The average molecular weight is 223 g/mol. The van der Waals surface area contributed by atoms with Gasteiger partial charge < -0.3 is 5.73 Å². The van der Waals surface area contributed by atoms with Crippen molar-refractivity contribution < 1.29 is 8.42 Å². The largest absolute Gasteiger partial charge is 0.330 e. The lowest BCUT2D eigenvalue weighted by molar-refractivity contribution is 0.603. The molecule has 15 heavy (non-hydrogen) atoms. The number of fused-ring (bicyclic) bond motifs is 1. The van der Waals surface area contributed by atoms with Crippen LogP contribution >= 0.6 is 0 Å². The third-order valence-corrected chi connectivity index (χ3v) is 4.50. The molecule has 2 N–H and O–H groups in total. The molecular formula is C11H13NO2S. The monoisotopic (exact) mass is 223 g/mol. The molecule has 0 saturated carbocycles. The molecule has 0 spiro atoms. The van der Waals surface area contributed by atoms with Crippen molar-refractivity contribution in [2.24, 2.45) is 5.73 Å². The van der Waals surface area contributed by atoms with Crippen molar-refractivity contribution in [2.75, 3.05) is 6.54 Å². The van der Waals surface area contributed by atoms with E-state index in [0.29, 0.717) is 16.3 Å². The Labute approximate surface area is 89.5 Å². The number of hydrogen-bond acceptors (Lipinski definition) is 3. The Hall–Kier alpha value is -1.13. The van der Waals surface area contributed by atoms with Crippen LogP contribution in [0.4, 0.5) is 0 Å². The maximum Gasteiger partial charge on any atom is 0.203 e. The van der Waals surface area contributed by atoms with Gasteiger partial charge in [-0.15, -0.1) is 0 Å². The second-order valence-corrected chi connectivity index (χ2v) is 5.76. The predicted molar refractivity (Wildman–Crippen MR) is 60.0 cm³/mol. The fraction of sp³-hybridized carbons (Fsp3) is 0.273. The zero-order valence-corrected chi connectivity index (χ0v) is 9.34. The summed E-state index contributed by atoms with van der Waals surface area (Å²) < 4.78 is 23.5. The van der Waals surface area contributed by atoms with Crippen LogP contribution < -0.4 is 5.73 Å². The first-order valence-corrected chi connectivity index (χ1v) is 6.30.